The van der Waals surface area contributed by atoms with Crippen molar-refractivity contribution in [2.75, 3.05) is 12.3 Å². The average Bonchev–Trinajstić information content (AvgIpc) is 1.92. The van der Waals surface area contributed by atoms with Gasteiger partial charge in [0.15, 0.2) is 0 Å². The molecule has 9 heavy (non-hydrogen) atoms. The Morgan fingerprint density at radius 1 is 1.44 bits per heavy atom. The van der Waals surface area contributed by atoms with E-state index in [0.29, 0.717) is 5.41 Å². The Balaban J connectivity index is 2.36. The molecule has 0 saturated carbocycles. The third-order valence-corrected chi connectivity index (χ3v) is 3.03. The maximum absolute atomic E-state index is 3.32. The lowest BCUT2D eigenvalue weighted by atomic mass is 9.90. The molecule has 0 aliphatic carbocycles. The second-order valence-electron chi connectivity index (χ2n) is 3.45. The Hall–Kier alpha value is 0.310. The van der Waals surface area contributed by atoms with Crippen LogP contribution < -0.4 is 4.72 Å². The Kier molecular flexibility index (Phi) is 2.42. The molecule has 1 aliphatic rings. The highest BCUT2D eigenvalue weighted by Gasteiger charge is 2.19. The maximum Gasteiger partial charge on any atom is 0.0130 e. The number of hydrogen-bond donors (Lipinski definition) is 1. The van der Waals surface area contributed by atoms with Crippen molar-refractivity contribution in [3.63, 3.8) is 0 Å². The van der Waals surface area contributed by atoms with Gasteiger partial charge in [-0.1, -0.05) is 25.8 Å². The van der Waals surface area contributed by atoms with Crippen LogP contribution in [0.5, 0.6) is 0 Å². The highest BCUT2D eigenvalue weighted by Crippen LogP contribution is 2.28. The molecular formula is C7H15NS. The molecule has 0 aromatic carbocycles. The number of rotatable bonds is 0. The number of hydrogen-bond acceptors (Lipinski definition) is 2. The van der Waals surface area contributed by atoms with Gasteiger partial charge in [-0.2, -0.15) is 0 Å². The van der Waals surface area contributed by atoms with Crippen molar-refractivity contribution in [3.8, 4) is 0 Å². The van der Waals surface area contributed by atoms with Gasteiger partial charge >= 0.3 is 0 Å². The summed E-state index contributed by atoms with van der Waals surface area (Å²) in [7, 11) is 0. The van der Waals surface area contributed by atoms with Crippen molar-refractivity contribution in [2.24, 2.45) is 5.41 Å². The van der Waals surface area contributed by atoms with Crippen LogP contribution in [0.2, 0.25) is 0 Å². The lowest BCUT2D eigenvalue weighted by Gasteiger charge is -2.19. The molecule has 0 bridgehead atoms. The van der Waals surface area contributed by atoms with Crippen LogP contribution in [0.25, 0.3) is 0 Å². The van der Waals surface area contributed by atoms with Crippen LogP contribution in [0.15, 0.2) is 0 Å². The molecule has 0 aromatic rings. The highest BCUT2D eigenvalue weighted by atomic mass is 32.2. The van der Waals surface area contributed by atoms with Gasteiger partial charge in [-0.15, -0.1) is 0 Å². The maximum atomic E-state index is 3.32. The molecule has 0 atom stereocenters. The molecule has 1 rings (SSSR count). The summed E-state index contributed by atoms with van der Waals surface area (Å²) in [4.78, 5) is 0. The smallest absolute Gasteiger partial charge is 0.0130 e. The van der Waals surface area contributed by atoms with Gasteiger partial charge in [0.05, 0.1) is 0 Å². The summed E-state index contributed by atoms with van der Waals surface area (Å²) >= 11 is 1.87. The first-order valence-corrected chi connectivity index (χ1v) is 4.54. The topological polar surface area (TPSA) is 12.0 Å². The molecule has 0 amide bonds. The molecule has 0 unspecified atom stereocenters. The van der Waals surface area contributed by atoms with Crippen LogP contribution in [-0.2, 0) is 0 Å². The molecule has 2 heteroatoms. The van der Waals surface area contributed by atoms with Crippen molar-refractivity contribution in [1.29, 1.82) is 0 Å². The van der Waals surface area contributed by atoms with Gasteiger partial charge in [-0.3, -0.25) is 4.72 Å². The predicted molar refractivity (Wildman–Crippen MR) is 43.5 cm³/mol. The Morgan fingerprint density at radius 3 is 3.00 bits per heavy atom. The summed E-state index contributed by atoms with van der Waals surface area (Å²) in [6, 6.07) is 0. The van der Waals surface area contributed by atoms with Crippen LogP contribution in [0, 0.1) is 5.41 Å². The first kappa shape index (κ1) is 7.42. The van der Waals surface area contributed by atoms with Crippen LogP contribution in [-0.4, -0.2) is 12.3 Å². The fourth-order valence-corrected chi connectivity index (χ4v) is 1.96. The van der Waals surface area contributed by atoms with Gasteiger partial charge in [-0.25, -0.2) is 0 Å². The van der Waals surface area contributed by atoms with E-state index in [1.165, 1.54) is 25.1 Å². The van der Waals surface area contributed by atoms with Gasteiger partial charge in [0.1, 0.15) is 0 Å². The normalized spacial score (nSPS) is 27.3. The minimum atomic E-state index is 0.564. The van der Waals surface area contributed by atoms with Crippen molar-refractivity contribution in [3.05, 3.63) is 0 Å². The predicted octanol–water partition coefficient (Wildman–Crippen LogP) is 2.04. The molecule has 1 aliphatic heterocycles. The zero-order valence-corrected chi connectivity index (χ0v) is 7.05. The summed E-state index contributed by atoms with van der Waals surface area (Å²) < 4.78 is 3.32. The zero-order chi connectivity index (χ0) is 6.74. The Labute approximate surface area is 61.7 Å². The van der Waals surface area contributed by atoms with Crippen molar-refractivity contribution >= 4 is 11.9 Å². The van der Waals surface area contributed by atoms with Crippen LogP contribution in [0.4, 0.5) is 0 Å². The van der Waals surface area contributed by atoms with Crippen LogP contribution >= 0.6 is 11.9 Å². The molecule has 1 nitrogen and oxygen atoms in total. The Bertz CT molecular complexity index is 80.9. The Morgan fingerprint density at radius 2 is 2.22 bits per heavy atom. The molecule has 1 saturated heterocycles. The standard InChI is InChI=1S/C7H15NS/c1-7(2)4-3-5-8-9-6-7/h8H,3-6H2,1-2H3. The largest absolute Gasteiger partial charge is 0.264 e. The van der Waals surface area contributed by atoms with E-state index >= 15 is 0 Å². The zero-order valence-electron chi connectivity index (χ0n) is 6.24. The van der Waals surface area contributed by atoms with Gasteiger partial charge < -0.3 is 0 Å². The molecular weight excluding hydrogens is 130 g/mol. The first-order chi connectivity index (χ1) is 4.21. The molecule has 0 aromatic heterocycles. The molecule has 0 spiro atoms. The van der Waals surface area contributed by atoms with Crippen LogP contribution in [0.1, 0.15) is 26.7 Å². The van der Waals surface area contributed by atoms with E-state index in [4.69, 9.17) is 0 Å². The summed E-state index contributed by atoms with van der Waals surface area (Å²) in [5, 5.41) is 0. The molecule has 1 heterocycles. The van der Waals surface area contributed by atoms with E-state index in [-0.39, 0.29) is 0 Å². The fraction of sp³-hybridized carbons (Fsp3) is 1.00. The van der Waals surface area contributed by atoms with Gasteiger partial charge in [0.2, 0.25) is 0 Å². The molecule has 1 fully saturated rings. The summed E-state index contributed by atoms with van der Waals surface area (Å²) in [6.07, 6.45) is 2.70. The second-order valence-corrected chi connectivity index (χ2v) is 4.32. The summed E-state index contributed by atoms with van der Waals surface area (Å²) in [5.74, 6) is 1.26. The molecule has 54 valence electrons. The lowest BCUT2D eigenvalue weighted by Crippen LogP contribution is -2.12. The van der Waals surface area contributed by atoms with Gasteiger partial charge in [0.25, 0.3) is 0 Å². The van der Waals surface area contributed by atoms with Crippen molar-refractivity contribution in [2.45, 2.75) is 26.7 Å². The average molecular weight is 145 g/mol. The molecule has 1 N–H and O–H groups in total. The fourth-order valence-electron chi connectivity index (χ4n) is 1.03. The van der Waals surface area contributed by atoms with E-state index in [1.807, 2.05) is 11.9 Å². The second kappa shape index (κ2) is 2.93. The SMILES string of the molecule is CC1(C)CCCNSC1. The van der Waals surface area contributed by atoms with Gasteiger partial charge in [-0.05, 0) is 18.3 Å². The van der Waals surface area contributed by atoms with Gasteiger partial charge in [0, 0.05) is 12.3 Å². The minimum absolute atomic E-state index is 0.564. The molecule has 0 radical (unpaired) electrons. The van der Waals surface area contributed by atoms with E-state index in [0.717, 1.165) is 0 Å². The van der Waals surface area contributed by atoms with E-state index in [2.05, 4.69) is 18.6 Å². The highest BCUT2D eigenvalue weighted by molar-refractivity contribution is 7.97. The lowest BCUT2D eigenvalue weighted by molar-refractivity contribution is 0.383. The van der Waals surface area contributed by atoms with E-state index in [9.17, 15) is 0 Å². The van der Waals surface area contributed by atoms with Crippen LogP contribution in [0.3, 0.4) is 0 Å². The van der Waals surface area contributed by atoms with E-state index < -0.39 is 0 Å². The summed E-state index contributed by atoms with van der Waals surface area (Å²) in [6.45, 7) is 5.87. The van der Waals surface area contributed by atoms with Crippen molar-refractivity contribution in [1.82, 2.24) is 4.72 Å². The monoisotopic (exact) mass is 145 g/mol. The quantitative estimate of drug-likeness (QED) is 0.523. The summed E-state index contributed by atoms with van der Waals surface area (Å²) in [5.41, 5.74) is 0.564. The van der Waals surface area contributed by atoms with E-state index in [1.54, 1.807) is 0 Å². The minimum Gasteiger partial charge on any atom is -0.264 e. The third-order valence-electron chi connectivity index (χ3n) is 1.70. The van der Waals surface area contributed by atoms with Crippen molar-refractivity contribution < 1.29 is 0 Å². The number of nitrogens with one attached hydrogen (secondary N) is 1. The first-order valence-electron chi connectivity index (χ1n) is 3.55. The third kappa shape index (κ3) is 2.59.